The summed E-state index contributed by atoms with van der Waals surface area (Å²) in [4.78, 5) is 0. The van der Waals surface area contributed by atoms with E-state index in [9.17, 15) is 13.2 Å². The maximum Gasteiger partial charge on any atom is 0.573 e. The van der Waals surface area contributed by atoms with Gasteiger partial charge in [-0.2, -0.15) is 0 Å². The average Bonchev–Trinajstić information content (AvgIpc) is 2.18. The van der Waals surface area contributed by atoms with E-state index in [2.05, 4.69) is 4.74 Å². The summed E-state index contributed by atoms with van der Waals surface area (Å²) in [5.41, 5.74) is 0. The van der Waals surface area contributed by atoms with Crippen LogP contribution in [0.2, 0.25) is 0 Å². The maximum absolute atomic E-state index is 11.9. The second kappa shape index (κ2) is 5.77. The molecule has 0 aliphatic rings. The minimum Gasteiger partial charge on any atom is -0.493 e. The van der Waals surface area contributed by atoms with Gasteiger partial charge in [-0.1, -0.05) is 0 Å². The summed E-state index contributed by atoms with van der Waals surface area (Å²) in [6, 6.07) is 5.10. The van der Waals surface area contributed by atoms with Crippen molar-refractivity contribution in [1.82, 2.24) is 0 Å². The lowest BCUT2D eigenvalue weighted by atomic mass is 10.3. The van der Waals surface area contributed by atoms with E-state index < -0.39 is 12.5 Å². The van der Waals surface area contributed by atoms with Crippen LogP contribution in [0.4, 0.5) is 13.2 Å². The monoisotopic (exact) mass is 250 g/mol. The van der Waals surface area contributed by atoms with Gasteiger partial charge in [0.1, 0.15) is 11.5 Å². The molecule has 0 aliphatic carbocycles. The Morgan fingerprint density at radius 3 is 2.18 bits per heavy atom. The van der Waals surface area contributed by atoms with E-state index in [4.69, 9.17) is 9.84 Å². The topological polar surface area (TPSA) is 38.7 Å². The highest BCUT2D eigenvalue weighted by molar-refractivity contribution is 5.31. The Hall–Kier alpha value is -1.43. The molecule has 0 saturated carbocycles. The predicted octanol–water partition coefficient (Wildman–Crippen LogP) is 2.73. The van der Waals surface area contributed by atoms with E-state index in [0.717, 1.165) is 0 Å². The van der Waals surface area contributed by atoms with E-state index in [1.54, 1.807) is 6.92 Å². The van der Waals surface area contributed by atoms with Crippen molar-refractivity contribution >= 4 is 0 Å². The van der Waals surface area contributed by atoms with Crippen LogP contribution in [0.15, 0.2) is 24.3 Å². The standard InChI is InChI=1S/C11H13F3O3/c1-8(15)6-7-16-9-2-4-10(5-3-9)17-11(12,13)14/h2-5,8,15H,6-7H2,1H3. The molecule has 0 fully saturated rings. The fourth-order valence-electron chi connectivity index (χ4n) is 1.08. The van der Waals surface area contributed by atoms with Crippen LogP contribution in [0.1, 0.15) is 13.3 Å². The molecule has 1 unspecified atom stereocenters. The van der Waals surface area contributed by atoms with Crippen molar-refractivity contribution in [2.75, 3.05) is 6.61 Å². The Kier molecular flexibility index (Phi) is 4.62. The van der Waals surface area contributed by atoms with Crippen LogP contribution in [-0.4, -0.2) is 24.2 Å². The zero-order valence-electron chi connectivity index (χ0n) is 9.20. The van der Waals surface area contributed by atoms with Crippen molar-refractivity contribution in [2.45, 2.75) is 25.8 Å². The zero-order valence-corrected chi connectivity index (χ0v) is 9.20. The zero-order chi connectivity index (χ0) is 12.9. The molecule has 0 spiro atoms. The van der Waals surface area contributed by atoms with Gasteiger partial charge in [0.2, 0.25) is 0 Å². The lowest BCUT2D eigenvalue weighted by Gasteiger charge is -2.10. The molecule has 0 heterocycles. The van der Waals surface area contributed by atoms with Crippen LogP contribution in [-0.2, 0) is 0 Å². The highest BCUT2D eigenvalue weighted by Crippen LogP contribution is 2.24. The molecule has 0 bridgehead atoms. The molecule has 0 aliphatic heterocycles. The predicted molar refractivity (Wildman–Crippen MR) is 54.9 cm³/mol. The van der Waals surface area contributed by atoms with Gasteiger partial charge in [-0.15, -0.1) is 13.2 Å². The molecule has 1 rings (SSSR count). The van der Waals surface area contributed by atoms with Gasteiger partial charge in [-0.25, -0.2) is 0 Å². The summed E-state index contributed by atoms with van der Waals surface area (Å²) in [7, 11) is 0. The molecular formula is C11H13F3O3. The lowest BCUT2D eigenvalue weighted by Crippen LogP contribution is -2.17. The summed E-state index contributed by atoms with van der Waals surface area (Å²) in [6.07, 6.45) is -4.70. The number of alkyl halides is 3. The van der Waals surface area contributed by atoms with Crippen molar-refractivity contribution in [3.05, 3.63) is 24.3 Å². The molecule has 3 nitrogen and oxygen atoms in total. The first kappa shape index (κ1) is 13.6. The van der Waals surface area contributed by atoms with Gasteiger partial charge in [-0.05, 0) is 31.2 Å². The molecular weight excluding hydrogens is 237 g/mol. The SMILES string of the molecule is CC(O)CCOc1ccc(OC(F)(F)F)cc1. The minimum atomic E-state index is -4.69. The molecule has 0 radical (unpaired) electrons. The first-order valence-electron chi connectivity index (χ1n) is 5.03. The van der Waals surface area contributed by atoms with Crippen LogP contribution in [0.3, 0.4) is 0 Å². The Morgan fingerprint density at radius 1 is 1.18 bits per heavy atom. The number of hydrogen-bond acceptors (Lipinski definition) is 3. The van der Waals surface area contributed by atoms with E-state index in [1.165, 1.54) is 24.3 Å². The molecule has 0 saturated heterocycles. The van der Waals surface area contributed by atoms with Crippen LogP contribution in [0, 0.1) is 0 Å². The highest BCUT2D eigenvalue weighted by Gasteiger charge is 2.30. The second-order valence-corrected chi connectivity index (χ2v) is 3.51. The first-order chi connectivity index (χ1) is 7.87. The molecule has 1 aromatic carbocycles. The number of halogens is 3. The summed E-state index contributed by atoms with van der Waals surface area (Å²) in [5, 5.41) is 8.98. The number of aliphatic hydroxyl groups is 1. The van der Waals surface area contributed by atoms with E-state index in [-0.39, 0.29) is 5.75 Å². The van der Waals surface area contributed by atoms with Crippen LogP contribution < -0.4 is 9.47 Å². The number of rotatable bonds is 5. The van der Waals surface area contributed by atoms with Crippen molar-refractivity contribution in [2.24, 2.45) is 0 Å². The van der Waals surface area contributed by atoms with E-state index >= 15 is 0 Å². The normalized spacial score (nSPS) is 13.2. The quantitative estimate of drug-likeness (QED) is 0.873. The molecule has 1 atom stereocenters. The summed E-state index contributed by atoms with van der Waals surface area (Å²) in [6.45, 7) is 1.93. The summed E-state index contributed by atoms with van der Waals surface area (Å²) in [5.74, 6) is 0.139. The lowest BCUT2D eigenvalue weighted by molar-refractivity contribution is -0.274. The highest BCUT2D eigenvalue weighted by atomic mass is 19.4. The van der Waals surface area contributed by atoms with Crippen molar-refractivity contribution in [1.29, 1.82) is 0 Å². The largest absolute Gasteiger partial charge is 0.573 e. The van der Waals surface area contributed by atoms with E-state index in [0.29, 0.717) is 18.8 Å². The van der Waals surface area contributed by atoms with Crippen LogP contribution in [0.5, 0.6) is 11.5 Å². The van der Waals surface area contributed by atoms with Gasteiger partial charge in [0, 0.05) is 6.42 Å². The third-order valence-corrected chi connectivity index (χ3v) is 1.86. The Bertz CT molecular complexity index is 333. The van der Waals surface area contributed by atoms with Crippen LogP contribution in [0.25, 0.3) is 0 Å². The third-order valence-electron chi connectivity index (χ3n) is 1.86. The molecule has 17 heavy (non-hydrogen) atoms. The second-order valence-electron chi connectivity index (χ2n) is 3.51. The first-order valence-corrected chi connectivity index (χ1v) is 5.03. The van der Waals surface area contributed by atoms with E-state index in [1.807, 2.05) is 0 Å². The number of hydrogen-bond donors (Lipinski definition) is 1. The molecule has 96 valence electrons. The van der Waals surface area contributed by atoms with Gasteiger partial charge in [-0.3, -0.25) is 0 Å². The molecule has 1 N–H and O–H groups in total. The number of benzene rings is 1. The Balaban J connectivity index is 2.45. The molecule has 0 aromatic heterocycles. The summed E-state index contributed by atoms with van der Waals surface area (Å²) < 4.78 is 44.5. The smallest absolute Gasteiger partial charge is 0.493 e. The maximum atomic E-state index is 11.9. The van der Waals surface area contributed by atoms with Gasteiger partial charge in [0.05, 0.1) is 12.7 Å². The van der Waals surface area contributed by atoms with Gasteiger partial charge in [0.15, 0.2) is 0 Å². The fourth-order valence-corrected chi connectivity index (χ4v) is 1.08. The van der Waals surface area contributed by atoms with Crippen molar-refractivity contribution in [3.8, 4) is 11.5 Å². The summed E-state index contributed by atoms with van der Waals surface area (Å²) >= 11 is 0. The average molecular weight is 250 g/mol. The molecule has 0 amide bonds. The molecule has 6 heteroatoms. The van der Waals surface area contributed by atoms with Gasteiger partial charge >= 0.3 is 6.36 Å². The van der Waals surface area contributed by atoms with Crippen molar-refractivity contribution in [3.63, 3.8) is 0 Å². The number of ether oxygens (including phenoxy) is 2. The Labute approximate surface area is 96.8 Å². The van der Waals surface area contributed by atoms with Gasteiger partial charge < -0.3 is 14.6 Å². The van der Waals surface area contributed by atoms with Crippen LogP contribution >= 0.6 is 0 Å². The van der Waals surface area contributed by atoms with Gasteiger partial charge in [0.25, 0.3) is 0 Å². The third kappa shape index (κ3) is 6.01. The number of aliphatic hydroxyl groups excluding tert-OH is 1. The minimum absolute atomic E-state index is 0.291. The fraction of sp³-hybridized carbons (Fsp3) is 0.455. The Morgan fingerprint density at radius 2 is 1.71 bits per heavy atom. The van der Waals surface area contributed by atoms with Crippen molar-refractivity contribution < 1.29 is 27.8 Å². The molecule has 1 aromatic rings.